The number of rotatable bonds is 5. The summed E-state index contributed by atoms with van der Waals surface area (Å²) in [6.07, 6.45) is 1.07. The fourth-order valence-corrected chi connectivity index (χ4v) is 2.80. The molecule has 0 fully saturated rings. The van der Waals surface area contributed by atoms with Gasteiger partial charge in [0.2, 0.25) is 0 Å². The maximum Gasteiger partial charge on any atom is 0.0643 e. The summed E-state index contributed by atoms with van der Waals surface area (Å²) in [6.45, 7) is 7.35. The van der Waals surface area contributed by atoms with E-state index >= 15 is 0 Å². The molecule has 0 saturated carbocycles. The second-order valence-electron chi connectivity index (χ2n) is 5.37. The lowest BCUT2D eigenvalue weighted by atomic mass is 9.95. The van der Waals surface area contributed by atoms with Crippen LogP contribution in [0.5, 0.6) is 0 Å². The van der Waals surface area contributed by atoms with E-state index in [0.29, 0.717) is 10.0 Å². The van der Waals surface area contributed by atoms with Gasteiger partial charge in [0, 0.05) is 0 Å². The summed E-state index contributed by atoms with van der Waals surface area (Å²) in [4.78, 5) is 0. The van der Waals surface area contributed by atoms with Gasteiger partial charge in [-0.15, -0.1) is 0 Å². The third-order valence-corrected chi connectivity index (χ3v) is 4.59. The highest BCUT2D eigenvalue weighted by Crippen LogP contribution is 2.33. The number of benzene rings is 2. The van der Waals surface area contributed by atoms with Gasteiger partial charge in [0.1, 0.15) is 0 Å². The minimum atomic E-state index is 0.0652. The van der Waals surface area contributed by atoms with Crippen molar-refractivity contribution in [3.8, 4) is 0 Å². The summed E-state index contributed by atoms with van der Waals surface area (Å²) in [6, 6.07) is 12.4. The second kappa shape index (κ2) is 7.31. The molecule has 0 saturated heterocycles. The SMILES string of the molecule is CCCNC(c1ccc(C)c(C)c1)c1cccc(Cl)c1Cl. The highest BCUT2D eigenvalue weighted by Gasteiger charge is 2.18. The van der Waals surface area contributed by atoms with E-state index in [1.54, 1.807) is 0 Å². The minimum Gasteiger partial charge on any atom is -0.306 e. The number of halogens is 2. The molecule has 2 rings (SSSR count). The van der Waals surface area contributed by atoms with Crippen molar-refractivity contribution in [2.45, 2.75) is 33.2 Å². The topological polar surface area (TPSA) is 12.0 Å². The molecule has 1 N–H and O–H groups in total. The summed E-state index contributed by atoms with van der Waals surface area (Å²) in [5.41, 5.74) is 4.83. The fourth-order valence-electron chi connectivity index (χ4n) is 2.38. The van der Waals surface area contributed by atoms with Gasteiger partial charge < -0.3 is 5.32 Å². The molecule has 21 heavy (non-hydrogen) atoms. The molecule has 0 spiro atoms. The van der Waals surface area contributed by atoms with Crippen molar-refractivity contribution in [1.82, 2.24) is 5.32 Å². The molecule has 0 heterocycles. The largest absolute Gasteiger partial charge is 0.306 e. The Hall–Kier alpha value is -1.02. The lowest BCUT2D eigenvalue weighted by Gasteiger charge is -2.22. The van der Waals surface area contributed by atoms with Gasteiger partial charge in [-0.1, -0.05) is 60.5 Å². The van der Waals surface area contributed by atoms with Crippen molar-refractivity contribution in [2.24, 2.45) is 0 Å². The van der Waals surface area contributed by atoms with Crippen LogP contribution in [-0.4, -0.2) is 6.54 Å². The first-order valence-electron chi connectivity index (χ1n) is 7.29. The summed E-state index contributed by atoms with van der Waals surface area (Å²) < 4.78 is 0. The Kier molecular flexibility index (Phi) is 5.69. The van der Waals surface area contributed by atoms with E-state index < -0.39 is 0 Å². The predicted molar refractivity (Wildman–Crippen MR) is 92.5 cm³/mol. The standard InChI is InChI=1S/C18H21Cl2N/c1-4-10-21-18(14-9-8-12(2)13(3)11-14)15-6-5-7-16(19)17(15)20/h5-9,11,18,21H,4,10H2,1-3H3. The van der Waals surface area contributed by atoms with Crippen molar-refractivity contribution in [1.29, 1.82) is 0 Å². The molecule has 0 aromatic heterocycles. The molecule has 0 aliphatic carbocycles. The van der Waals surface area contributed by atoms with Crippen LogP contribution in [0.1, 0.15) is 41.6 Å². The van der Waals surface area contributed by atoms with Crippen LogP contribution in [0.4, 0.5) is 0 Å². The molecular weight excluding hydrogens is 301 g/mol. The van der Waals surface area contributed by atoms with Crippen LogP contribution >= 0.6 is 23.2 Å². The molecule has 1 nitrogen and oxygen atoms in total. The van der Waals surface area contributed by atoms with E-state index in [2.05, 4.69) is 44.3 Å². The normalized spacial score (nSPS) is 12.4. The van der Waals surface area contributed by atoms with Crippen molar-refractivity contribution in [3.05, 3.63) is 68.7 Å². The predicted octanol–water partition coefficient (Wildman–Crippen LogP) is 5.70. The monoisotopic (exact) mass is 321 g/mol. The Morgan fingerprint density at radius 3 is 2.48 bits per heavy atom. The van der Waals surface area contributed by atoms with E-state index in [0.717, 1.165) is 18.5 Å². The summed E-state index contributed by atoms with van der Waals surface area (Å²) in [5, 5.41) is 4.80. The molecule has 2 aromatic rings. The maximum atomic E-state index is 6.42. The van der Waals surface area contributed by atoms with Crippen LogP contribution in [0.25, 0.3) is 0 Å². The van der Waals surface area contributed by atoms with Gasteiger partial charge in [-0.05, 0) is 55.1 Å². The van der Waals surface area contributed by atoms with E-state index in [9.17, 15) is 0 Å². The van der Waals surface area contributed by atoms with Crippen LogP contribution in [0.2, 0.25) is 10.0 Å². The quantitative estimate of drug-likeness (QED) is 0.744. The molecule has 0 bridgehead atoms. The van der Waals surface area contributed by atoms with Gasteiger partial charge in [0.15, 0.2) is 0 Å². The lowest BCUT2D eigenvalue weighted by Crippen LogP contribution is -2.23. The van der Waals surface area contributed by atoms with E-state index in [1.807, 2.05) is 18.2 Å². The van der Waals surface area contributed by atoms with Gasteiger partial charge in [-0.3, -0.25) is 0 Å². The summed E-state index contributed by atoms with van der Waals surface area (Å²) in [5.74, 6) is 0. The van der Waals surface area contributed by atoms with Crippen molar-refractivity contribution in [2.75, 3.05) is 6.54 Å². The Morgan fingerprint density at radius 2 is 1.81 bits per heavy atom. The van der Waals surface area contributed by atoms with Crippen LogP contribution in [0.3, 0.4) is 0 Å². The highest BCUT2D eigenvalue weighted by atomic mass is 35.5. The second-order valence-corrected chi connectivity index (χ2v) is 6.16. The Bertz CT molecular complexity index is 623. The van der Waals surface area contributed by atoms with Gasteiger partial charge in [-0.2, -0.15) is 0 Å². The smallest absolute Gasteiger partial charge is 0.0643 e. The van der Waals surface area contributed by atoms with Crippen LogP contribution in [0, 0.1) is 13.8 Å². The zero-order valence-corrected chi connectivity index (χ0v) is 14.2. The first-order valence-corrected chi connectivity index (χ1v) is 8.04. The molecule has 112 valence electrons. The maximum absolute atomic E-state index is 6.42. The highest BCUT2D eigenvalue weighted by molar-refractivity contribution is 6.42. The first kappa shape index (κ1) is 16.4. The molecule has 2 aromatic carbocycles. The van der Waals surface area contributed by atoms with E-state index in [-0.39, 0.29) is 6.04 Å². The van der Waals surface area contributed by atoms with Crippen molar-refractivity contribution in [3.63, 3.8) is 0 Å². The average Bonchev–Trinajstić information content (AvgIpc) is 2.47. The first-order chi connectivity index (χ1) is 10.0. The third kappa shape index (κ3) is 3.79. The number of hydrogen-bond acceptors (Lipinski definition) is 1. The summed E-state index contributed by atoms with van der Waals surface area (Å²) in [7, 11) is 0. The molecule has 0 aliphatic heterocycles. The molecular formula is C18H21Cl2N. The average molecular weight is 322 g/mol. The molecule has 0 amide bonds. The minimum absolute atomic E-state index is 0.0652. The zero-order valence-electron chi connectivity index (χ0n) is 12.7. The van der Waals surface area contributed by atoms with Gasteiger partial charge in [-0.25, -0.2) is 0 Å². The van der Waals surface area contributed by atoms with Crippen LogP contribution in [0.15, 0.2) is 36.4 Å². The van der Waals surface area contributed by atoms with Crippen LogP contribution < -0.4 is 5.32 Å². The molecule has 3 heteroatoms. The Morgan fingerprint density at radius 1 is 1.05 bits per heavy atom. The molecule has 1 atom stereocenters. The molecule has 0 radical (unpaired) electrons. The Labute approximate surface area is 137 Å². The van der Waals surface area contributed by atoms with Crippen LogP contribution in [-0.2, 0) is 0 Å². The van der Waals surface area contributed by atoms with Gasteiger partial charge in [0.05, 0.1) is 16.1 Å². The van der Waals surface area contributed by atoms with E-state index in [4.69, 9.17) is 23.2 Å². The third-order valence-electron chi connectivity index (χ3n) is 3.76. The van der Waals surface area contributed by atoms with Crippen molar-refractivity contribution < 1.29 is 0 Å². The Balaban J connectivity index is 2.47. The van der Waals surface area contributed by atoms with Crippen molar-refractivity contribution >= 4 is 23.2 Å². The van der Waals surface area contributed by atoms with Gasteiger partial charge >= 0.3 is 0 Å². The fraction of sp³-hybridized carbons (Fsp3) is 0.333. The molecule has 1 unspecified atom stereocenters. The van der Waals surface area contributed by atoms with E-state index in [1.165, 1.54) is 16.7 Å². The zero-order chi connectivity index (χ0) is 15.4. The number of aryl methyl sites for hydroxylation is 2. The lowest BCUT2D eigenvalue weighted by molar-refractivity contribution is 0.598. The van der Waals surface area contributed by atoms with Gasteiger partial charge in [0.25, 0.3) is 0 Å². The number of hydrogen-bond donors (Lipinski definition) is 1. The molecule has 0 aliphatic rings. The number of nitrogens with one attached hydrogen (secondary N) is 1. The summed E-state index contributed by atoms with van der Waals surface area (Å²) >= 11 is 12.6.